The molecule has 4 aliphatic rings. The van der Waals surface area contributed by atoms with Crippen LogP contribution < -0.4 is 30.5 Å². The topological polar surface area (TPSA) is 150 Å². The van der Waals surface area contributed by atoms with Crippen LogP contribution in [0.5, 0.6) is 5.75 Å². The first-order valence-electron chi connectivity index (χ1n) is 20.0. The fourth-order valence-corrected chi connectivity index (χ4v) is 8.83. The van der Waals surface area contributed by atoms with Crippen LogP contribution in [-0.4, -0.2) is 95.0 Å². The quantitative estimate of drug-likeness (QED) is 0.146. The van der Waals surface area contributed by atoms with Gasteiger partial charge in [-0.25, -0.2) is 0 Å². The number of nitrogens with zero attached hydrogens (tertiary/aromatic N) is 5. The van der Waals surface area contributed by atoms with Crippen molar-refractivity contribution >= 4 is 63.7 Å². The van der Waals surface area contributed by atoms with Gasteiger partial charge in [-0.3, -0.25) is 39.2 Å². The number of nitrogens with one attached hydrogen (secondary N) is 3. The number of nitriles is 1. The maximum absolute atomic E-state index is 13.8. The molecular formula is C43H47F3N8O5S. The molecule has 3 aromatic carbocycles. The van der Waals surface area contributed by atoms with Gasteiger partial charge < -0.3 is 20.3 Å². The molecular weight excluding hydrogens is 798 g/mol. The van der Waals surface area contributed by atoms with Gasteiger partial charge in [-0.15, -0.1) is 0 Å². The van der Waals surface area contributed by atoms with Crippen molar-refractivity contribution in [2.45, 2.75) is 89.1 Å². The highest BCUT2D eigenvalue weighted by Gasteiger charge is 2.51. The van der Waals surface area contributed by atoms with Crippen LogP contribution in [0.2, 0.25) is 0 Å². The SMILES string of the molecule is C[C@@H]1CN(CCOc2ccc(N3C(=S)N(c4ccc(C#N)c(C(F)(F)F)c4)C(=O)C3(C)C)cc2C2CC2)C[C@H](C)N1CC(=O)Nc1cccc(N[C@@H]2CCC(=O)NC2=O)c1. The second-order valence-electron chi connectivity index (χ2n) is 16.4. The highest BCUT2D eigenvalue weighted by molar-refractivity contribution is 7.81. The smallest absolute Gasteiger partial charge is 0.417 e. The Morgan fingerprint density at radius 2 is 1.68 bits per heavy atom. The van der Waals surface area contributed by atoms with Gasteiger partial charge in [0.1, 0.15) is 23.9 Å². The van der Waals surface area contributed by atoms with E-state index >= 15 is 0 Å². The lowest BCUT2D eigenvalue weighted by Gasteiger charge is -2.44. The summed E-state index contributed by atoms with van der Waals surface area (Å²) in [6, 6.07) is 17.1. The molecule has 3 aromatic rings. The first kappa shape index (κ1) is 42.6. The van der Waals surface area contributed by atoms with E-state index in [2.05, 4.69) is 39.6 Å². The molecule has 17 heteroatoms. The van der Waals surface area contributed by atoms with Gasteiger partial charge in [0.2, 0.25) is 17.7 Å². The van der Waals surface area contributed by atoms with Gasteiger partial charge in [0.05, 0.1) is 29.4 Å². The average molecular weight is 845 g/mol. The number of benzene rings is 3. The standard InChI is InChI=1S/C43H47F3N8O5S/c1-25-22-51(23-26(2)52(25)24-38(56)49-30-7-5-6-29(18-30)48-35-13-15-37(55)50-39(35)57)16-17-59-36-14-12-32(19-33(36)27-8-9-27)54-41(60)53(40(58)42(54,3)4)31-11-10-28(21-47)34(20-31)43(44,45)46/h5-7,10-12,14,18-20,25-27,35,48H,8-9,13,15-17,22-24H2,1-4H3,(H,49,56)(H,50,55,57)/t25-,26+,35-/m1/s1. The Hall–Kier alpha value is -5.57. The van der Waals surface area contributed by atoms with Gasteiger partial charge in [0, 0.05) is 55.2 Å². The molecule has 0 bridgehead atoms. The molecule has 3 heterocycles. The third kappa shape index (κ3) is 8.96. The number of anilines is 4. The second-order valence-corrected chi connectivity index (χ2v) is 16.8. The van der Waals surface area contributed by atoms with Crippen molar-refractivity contribution < 1.29 is 37.1 Å². The van der Waals surface area contributed by atoms with Crippen LogP contribution in [0.3, 0.4) is 0 Å². The first-order valence-corrected chi connectivity index (χ1v) is 20.4. The van der Waals surface area contributed by atoms with E-state index in [4.69, 9.17) is 17.0 Å². The zero-order valence-corrected chi connectivity index (χ0v) is 34.6. The van der Waals surface area contributed by atoms with Crippen LogP contribution in [0.15, 0.2) is 60.7 Å². The minimum Gasteiger partial charge on any atom is -0.492 e. The predicted molar refractivity (Wildman–Crippen MR) is 224 cm³/mol. The third-order valence-corrected chi connectivity index (χ3v) is 11.9. The van der Waals surface area contributed by atoms with Gasteiger partial charge in [0.15, 0.2) is 5.11 Å². The Balaban J connectivity index is 0.946. The molecule has 13 nitrogen and oxygen atoms in total. The largest absolute Gasteiger partial charge is 0.492 e. The lowest BCUT2D eigenvalue weighted by Crippen LogP contribution is -2.58. The molecule has 3 saturated heterocycles. The summed E-state index contributed by atoms with van der Waals surface area (Å²) >= 11 is 5.77. The summed E-state index contributed by atoms with van der Waals surface area (Å²) in [5, 5.41) is 17.8. The van der Waals surface area contributed by atoms with Crippen LogP contribution >= 0.6 is 12.2 Å². The van der Waals surface area contributed by atoms with Crippen molar-refractivity contribution in [1.82, 2.24) is 15.1 Å². The molecule has 0 unspecified atom stereocenters. The fourth-order valence-electron chi connectivity index (χ4n) is 8.31. The number of carbonyl (C=O) groups is 4. The maximum Gasteiger partial charge on any atom is 0.417 e. The van der Waals surface area contributed by atoms with E-state index in [1.807, 2.05) is 18.2 Å². The molecule has 0 radical (unpaired) electrons. The normalized spacial score (nSPS) is 22.4. The van der Waals surface area contributed by atoms with E-state index in [9.17, 15) is 37.6 Å². The number of amides is 4. The zero-order valence-electron chi connectivity index (χ0n) is 33.8. The molecule has 4 amide bonds. The molecule has 316 valence electrons. The van der Waals surface area contributed by atoms with E-state index in [0.717, 1.165) is 54.3 Å². The van der Waals surface area contributed by atoms with Gasteiger partial charge in [-0.1, -0.05) is 6.07 Å². The number of piperidine rings is 1. The summed E-state index contributed by atoms with van der Waals surface area (Å²) in [5.41, 5.74) is -0.0970. The summed E-state index contributed by atoms with van der Waals surface area (Å²) in [4.78, 5) is 57.9. The minimum absolute atomic E-state index is 0.0339. The van der Waals surface area contributed by atoms with Gasteiger partial charge in [-0.2, -0.15) is 18.4 Å². The van der Waals surface area contributed by atoms with Crippen molar-refractivity contribution in [3.05, 3.63) is 77.4 Å². The Bertz CT molecular complexity index is 2250. The van der Waals surface area contributed by atoms with E-state index in [1.165, 1.54) is 6.07 Å². The summed E-state index contributed by atoms with van der Waals surface area (Å²) in [6.45, 7) is 10.3. The molecule has 3 aliphatic heterocycles. The molecule has 3 N–H and O–H groups in total. The molecule has 3 atom stereocenters. The van der Waals surface area contributed by atoms with E-state index in [1.54, 1.807) is 49.1 Å². The number of thiocarbonyl (C=S) groups is 1. The Kier molecular flexibility index (Phi) is 11.9. The Labute approximate surface area is 351 Å². The first-order chi connectivity index (χ1) is 28.4. The zero-order chi connectivity index (χ0) is 43.1. The summed E-state index contributed by atoms with van der Waals surface area (Å²) in [7, 11) is 0. The maximum atomic E-state index is 13.8. The summed E-state index contributed by atoms with van der Waals surface area (Å²) < 4.78 is 47.9. The highest BCUT2D eigenvalue weighted by atomic mass is 32.1. The number of piperazine rings is 1. The van der Waals surface area contributed by atoms with Crippen LogP contribution in [0.1, 0.15) is 76.0 Å². The number of carbonyl (C=O) groups excluding carboxylic acids is 4. The monoisotopic (exact) mass is 844 g/mol. The molecule has 1 saturated carbocycles. The second kappa shape index (κ2) is 16.8. The van der Waals surface area contributed by atoms with E-state index in [-0.39, 0.29) is 59.5 Å². The van der Waals surface area contributed by atoms with Crippen molar-refractivity contribution in [3.63, 3.8) is 0 Å². The number of rotatable bonds is 12. The summed E-state index contributed by atoms with van der Waals surface area (Å²) in [5.74, 6) is -0.309. The molecule has 0 aromatic heterocycles. The van der Waals surface area contributed by atoms with Crippen molar-refractivity contribution in [2.75, 3.05) is 53.2 Å². The lowest BCUT2D eigenvalue weighted by atomic mass is 10.0. The van der Waals surface area contributed by atoms with Gasteiger partial charge >= 0.3 is 6.18 Å². The molecule has 0 spiro atoms. The number of hydrogen-bond donors (Lipinski definition) is 3. The Morgan fingerprint density at radius 3 is 2.35 bits per heavy atom. The van der Waals surface area contributed by atoms with Crippen molar-refractivity contribution in [2.24, 2.45) is 0 Å². The van der Waals surface area contributed by atoms with Gasteiger partial charge in [-0.05, 0) is 125 Å². The molecule has 1 aliphatic carbocycles. The van der Waals surface area contributed by atoms with Crippen LogP contribution in [0, 0.1) is 11.3 Å². The molecule has 7 rings (SSSR count). The lowest BCUT2D eigenvalue weighted by molar-refractivity contribution is -0.138. The van der Waals surface area contributed by atoms with E-state index < -0.39 is 34.8 Å². The van der Waals surface area contributed by atoms with Crippen molar-refractivity contribution in [3.8, 4) is 11.8 Å². The van der Waals surface area contributed by atoms with Gasteiger partial charge in [0.25, 0.3) is 5.91 Å². The third-order valence-electron chi connectivity index (χ3n) is 11.5. The van der Waals surface area contributed by atoms with Crippen LogP contribution in [-0.2, 0) is 25.4 Å². The highest BCUT2D eigenvalue weighted by Crippen LogP contribution is 2.47. The van der Waals surface area contributed by atoms with Crippen LogP contribution in [0.25, 0.3) is 0 Å². The summed E-state index contributed by atoms with van der Waals surface area (Å²) in [6.07, 6.45) is -2.19. The van der Waals surface area contributed by atoms with Crippen LogP contribution in [0.4, 0.5) is 35.9 Å². The fraction of sp³-hybridized carbons (Fsp3) is 0.442. The number of alkyl halides is 3. The predicted octanol–water partition coefficient (Wildman–Crippen LogP) is 6.00. The molecule has 4 fully saturated rings. The number of ether oxygens (including phenoxy) is 1. The van der Waals surface area contributed by atoms with Crippen molar-refractivity contribution in [1.29, 1.82) is 5.26 Å². The molecule has 60 heavy (non-hydrogen) atoms. The Morgan fingerprint density at radius 1 is 0.983 bits per heavy atom. The minimum atomic E-state index is -4.80. The van der Waals surface area contributed by atoms with E-state index in [0.29, 0.717) is 36.6 Å². The average Bonchev–Trinajstić information content (AvgIpc) is 4.01. The number of halogens is 3. The number of hydrogen-bond acceptors (Lipinski definition) is 10. The number of imide groups is 1.